The number of tetrazole rings is 1. The minimum atomic E-state index is -0.701. The zero-order valence-electron chi connectivity index (χ0n) is 17.8. The van der Waals surface area contributed by atoms with Crippen LogP contribution in [0.25, 0.3) is 11.4 Å². The lowest BCUT2D eigenvalue weighted by molar-refractivity contribution is -0.142. The Morgan fingerprint density at radius 2 is 2.00 bits per heavy atom. The smallest absolute Gasteiger partial charge is 0.247 e. The van der Waals surface area contributed by atoms with Gasteiger partial charge in [0.2, 0.25) is 17.6 Å². The van der Waals surface area contributed by atoms with Gasteiger partial charge in [-0.2, -0.15) is 4.80 Å². The molecule has 0 spiro atoms. The van der Waals surface area contributed by atoms with Gasteiger partial charge in [-0.05, 0) is 61.4 Å². The first-order chi connectivity index (χ1) is 15.5. The molecular weight excluding hydrogens is 415 g/mol. The first-order valence-electron chi connectivity index (χ1n) is 10.7. The standard InChI is InChI=1S/C22H25FN6O3/c1-15(22(31)24-18-5-2-3-6-18)28(13-19-7-4-12-32-19)20(30)14-29-26-21(25-27-29)16-8-10-17(23)11-9-16/h4,7-12,15,18H,2-3,5-6,13-14H2,1H3,(H,24,31). The van der Waals surface area contributed by atoms with Crippen molar-refractivity contribution in [3.05, 3.63) is 54.2 Å². The number of hydrogen-bond acceptors (Lipinski definition) is 6. The third-order valence-electron chi connectivity index (χ3n) is 5.61. The van der Waals surface area contributed by atoms with Gasteiger partial charge in [0.25, 0.3) is 0 Å². The fourth-order valence-electron chi connectivity index (χ4n) is 3.78. The van der Waals surface area contributed by atoms with Crippen molar-refractivity contribution in [1.29, 1.82) is 0 Å². The average Bonchev–Trinajstić information content (AvgIpc) is 3.55. The highest BCUT2D eigenvalue weighted by molar-refractivity contribution is 5.87. The molecule has 168 valence electrons. The number of carbonyl (C=O) groups excluding carboxylic acids is 2. The lowest BCUT2D eigenvalue weighted by Crippen LogP contribution is -2.50. The topological polar surface area (TPSA) is 106 Å². The predicted octanol–water partition coefficient (Wildman–Crippen LogP) is 2.55. The number of halogens is 1. The Balaban J connectivity index is 1.47. The van der Waals surface area contributed by atoms with Crippen LogP contribution in [-0.4, -0.2) is 49.0 Å². The van der Waals surface area contributed by atoms with Gasteiger partial charge in [-0.1, -0.05) is 12.8 Å². The molecule has 10 heteroatoms. The minimum absolute atomic E-state index is 0.143. The molecule has 4 rings (SSSR count). The van der Waals surface area contributed by atoms with Crippen molar-refractivity contribution in [3.8, 4) is 11.4 Å². The summed E-state index contributed by atoms with van der Waals surface area (Å²) < 4.78 is 18.5. The number of carbonyl (C=O) groups is 2. The SMILES string of the molecule is CC(C(=O)NC1CCCC1)N(Cc1ccco1)C(=O)Cn1nnc(-c2ccc(F)cc2)n1. The molecule has 1 fully saturated rings. The van der Waals surface area contributed by atoms with Gasteiger partial charge in [0, 0.05) is 11.6 Å². The van der Waals surface area contributed by atoms with Crippen LogP contribution in [0.3, 0.4) is 0 Å². The number of nitrogens with one attached hydrogen (secondary N) is 1. The molecule has 2 heterocycles. The molecule has 2 aromatic heterocycles. The van der Waals surface area contributed by atoms with E-state index in [4.69, 9.17) is 4.42 Å². The molecule has 3 aromatic rings. The zero-order valence-corrected chi connectivity index (χ0v) is 17.8. The Bertz CT molecular complexity index is 1040. The number of benzene rings is 1. The Kier molecular flexibility index (Phi) is 6.58. The second kappa shape index (κ2) is 9.71. The number of amides is 2. The van der Waals surface area contributed by atoms with Crippen molar-refractivity contribution in [3.63, 3.8) is 0 Å². The van der Waals surface area contributed by atoms with E-state index in [0.29, 0.717) is 11.3 Å². The molecule has 1 aliphatic carbocycles. The summed E-state index contributed by atoms with van der Waals surface area (Å²) in [5, 5.41) is 15.1. The van der Waals surface area contributed by atoms with Gasteiger partial charge >= 0.3 is 0 Å². The molecule has 0 bridgehead atoms. The molecular formula is C22H25FN6O3. The highest BCUT2D eigenvalue weighted by atomic mass is 19.1. The van der Waals surface area contributed by atoms with Gasteiger partial charge < -0.3 is 14.6 Å². The fourth-order valence-corrected chi connectivity index (χ4v) is 3.78. The van der Waals surface area contributed by atoms with Crippen LogP contribution in [0.4, 0.5) is 4.39 Å². The molecule has 1 unspecified atom stereocenters. The minimum Gasteiger partial charge on any atom is -0.467 e. The largest absolute Gasteiger partial charge is 0.467 e. The van der Waals surface area contributed by atoms with Gasteiger partial charge in [0.15, 0.2) is 0 Å². The van der Waals surface area contributed by atoms with Crippen LogP contribution in [0.5, 0.6) is 0 Å². The summed E-state index contributed by atoms with van der Waals surface area (Å²) in [5.41, 5.74) is 0.585. The normalized spacial score (nSPS) is 14.9. The fraction of sp³-hybridized carbons (Fsp3) is 0.409. The van der Waals surface area contributed by atoms with E-state index in [9.17, 15) is 14.0 Å². The van der Waals surface area contributed by atoms with Gasteiger partial charge in [-0.3, -0.25) is 9.59 Å². The van der Waals surface area contributed by atoms with Crippen molar-refractivity contribution in [2.45, 2.75) is 57.8 Å². The van der Waals surface area contributed by atoms with Gasteiger partial charge in [0.05, 0.1) is 12.8 Å². The van der Waals surface area contributed by atoms with E-state index >= 15 is 0 Å². The number of hydrogen-bond donors (Lipinski definition) is 1. The maximum absolute atomic E-state index is 13.1. The molecule has 1 atom stereocenters. The molecule has 0 radical (unpaired) electrons. The Morgan fingerprint density at radius 1 is 1.25 bits per heavy atom. The second-order valence-corrected chi connectivity index (χ2v) is 7.92. The molecule has 1 saturated carbocycles. The average molecular weight is 440 g/mol. The molecule has 9 nitrogen and oxygen atoms in total. The van der Waals surface area contributed by atoms with E-state index in [1.165, 1.54) is 35.4 Å². The third-order valence-corrected chi connectivity index (χ3v) is 5.61. The molecule has 2 amide bonds. The van der Waals surface area contributed by atoms with E-state index < -0.39 is 6.04 Å². The summed E-state index contributed by atoms with van der Waals surface area (Å²) in [6, 6.07) is 8.62. The van der Waals surface area contributed by atoms with Crippen molar-refractivity contribution >= 4 is 11.8 Å². The number of furan rings is 1. The van der Waals surface area contributed by atoms with Crippen LogP contribution < -0.4 is 5.32 Å². The molecule has 1 N–H and O–H groups in total. The van der Waals surface area contributed by atoms with E-state index in [0.717, 1.165) is 30.5 Å². The monoisotopic (exact) mass is 440 g/mol. The summed E-state index contributed by atoms with van der Waals surface area (Å²) in [7, 11) is 0. The maximum atomic E-state index is 13.1. The molecule has 1 aromatic carbocycles. The Labute approximate surface area is 184 Å². The quantitative estimate of drug-likeness (QED) is 0.577. The van der Waals surface area contributed by atoms with Crippen molar-refractivity contribution in [2.24, 2.45) is 0 Å². The van der Waals surface area contributed by atoms with Crippen LogP contribution >= 0.6 is 0 Å². The lowest BCUT2D eigenvalue weighted by Gasteiger charge is -2.28. The van der Waals surface area contributed by atoms with Crippen molar-refractivity contribution < 1.29 is 18.4 Å². The lowest BCUT2D eigenvalue weighted by atomic mass is 10.2. The summed E-state index contributed by atoms with van der Waals surface area (Å²) >= 11 is 0. The Morgan fingerprint density at radius 3 is 2.69 bits per heavy atom. The summed E-state index contributed by atoms with van der Waals surface area (Å²) in [6.45, 7) is 1.64. The number of aromatic nitrogens is 4. The van der Waals surface area contributed by atoms with Gasteiger partial charge in [-0.25, -0.2) is 4.39 Å². The summed E-state index contributed by atoms with van der Waals surface area (Å²) in [6.07, 6.45) is 5.64. The van der Waals surface area contributed by atoms with E-state index in [1.54, 1.807) is 19.1 Å². The second-order valence-electron chi connectivity index (χ2n) is 7.92. The van der Waals surface area contributed by atoms with Crippen LogP contribution in [-0.2, 0) is 22.7 Å². The maximum Gasteiger partial charge on any atom is 0.247 e. The van der Waals surface area contributed by atoms with Crippen LogP contribution in [0.15, 0.2) is 47.1 Å². The van der Waals surface area contributed by atoms with Gasteiger partial charge in [0.1, 0.15) is 24.2 Å². The van der Waals surface area contributed by atoms with Crippen LogP contribution in [0.1, 0.15) is 38.4 Å². The number of nitrogens with zero attached hydrogens (tertiary/aromatic N) is 5. The summed E-state index contributed by atoms with van der Waals surface area (Å²) in [4.78, 5) is 28.6. The first-order valence-corrected chi connectivity index (χ1v) is 10.7. The van der Waals surface area contributed by atoms with Crippen LogP contribution in [0.2, 0.25) is 0 Å². The highest BCUT2D eigenvalue weighted by Gasteiger charge is 2.29. The van der Waals surface area contributed by atoms with Crippen molar-refractivity contribution in [1.82, 2.24) is 30.4 Å². The van der Waals surface area contributed by atoms with Crippen LogP contribution in [0, 0.1) is 5.82 Å². The van der Waals surface area contributed by atoms with Crippen molar-refractivity contribution in [2.75, 3.05) is 0 Å². The van der Waals surface area contributed by atoms with E-state index in [1.807, 2.05) is 0 Å². The van der Waals surface area contributed by atoms with E-state index in [2.05, 4.69) is 20.7 Å². The number of rotatable bonds is 8. The molecule has 0 aliphatic heterocycles. The molecule has 1 aliphatic rings. The predicted molar refractivity (Wildman–Crippen MR) is 112 cm³/mol. The first kappa shape index (κ1) is 21.7. The zero-order chi connectivity index (χ0) is 22.5. The Hall–Kier alpha value is -3.56. The van der Waals surface area contributed by atoms with E-state index in [-0.39, 0.29) is 42.6 Å². The molecule has 32 heavy (non-hydrogen) atoms. The third kappa shape index (κ3) is 5.19. The molecule has 0 saturated heterocycles. The highest BCUT2D eigenvalue weighted by Crippen LogP contribution is 2.19. The van der Waals surface area contributed by atoms with Gasteiger partial charge in [-0.15, -0.1) is 10.2 Å². The summed E-state index contributed by atoms with van der Waals surface area (Å²) in [5.74, 6) is -0.0662.